The van der Waals surface area contributed by atoms with E-state index in [1.54, 1.807) is 24.4 Å². The van der Waals surface area contributed by atoms with Crippen molar-refractivity contribution in [2.24, 2.45) is 11.0 Å². The van der Waals surface area contributed by atoms with Crippen molar-refractivity contribution in [3.63, 3.8) is 0 Å². The molecule has 1 amide bonds. The Morgan fingerprint density at radius 1 is 1.41 bits per heavy atom. The molecular formula is C12H14N2O3. The maximum absolute atomic E-state index is 11.7. The van der Waals surface area contributed by atoms with Crippen LogP contribution in [0.25, 0.3) is 0 Å². The highest BCUT2D eigenvalue weighted by Gasteiger charge is 2.15. The van der Waals surface area contributed by atoms with Crippen molar-refractivity contribution in [3.05, 3.63) is 23.8 Å². The summed E-state index contributed by atoms with van der Waals surface area (Å²) in [5.74, 6) is 1.28. The third-order valence-electron chi connectivity index (χ3n) is 2.17. The van der Waals surface area contributed by atoms with Gasteiger partial charge in [-0.25, -0.2) is 5.43 Å². The van der Waals surface area contributed by atoms with Gasteiger partial charge in [0.15, 0.2) is 11.5 Å². The zero-order chi connectivity index (χ0) is 12.3. The van der Waals surface area contributed by atoms with Crippen molar-refractivity contribution in [1.82, 2.24) is 5.43 Å². The van der Waals surface area contributed by atoms with Crippen LogP contribution in [-0.4, -0.2) is 18.9 Å². The molecule has 0 spiro atoms. The molecule has 2 rings (SSSR count). The van der Waals surface area contributed by atoms with E-state index in [4.69, 9.17) is 9.47 Å². The average Bonchev–Trinajstić information content (AvgIpc) is 2.75. The van der Waals surface area contributed by atoms with Crippen LogP contribution in [0.15, 0.2) is 23.3 Å². The molecule has 5 nitrogen and oxygen atoms in total. The average molecular weight is 234 g/mol. The molecule has 1 heterocycles. The van der Waals surface area contributed by atoms with Crippen LogP contribution in [0.4, 0.5) is 0 Å². The zero-order valence-corrected chi connectivity index (χ0v) is 9.77. The smallest absolute Gasteiger partial charge is 0.271 e. The van der Waals surface area contributed by atoms with E-state index in [2.05, 4.69) is 10.5 Å². The highest BCUT2D eigenvalue weighted by molar-refractivity contribution is 5.95. The van der Waals surface area contributed by atoms with Crippen molar-refractivity contribution in [2.45, 2.75) is 13.8 Å². The van der Waals surface area contributed by atoms with Gasteiger partial charge in [0.2, 0.25) is 6.79 Å². The van der Waals surface area contributed by atoms with Crippen molar-refractivity contribution >= 4 is 12.1 Å². The topological polar surface area (TPSA) is 59.9 Å². The van der Waals surface area contributed by atoms with Crippen LogP contribution < -0.4 is 14.9 Å². The molecule has 0 saturated carbocycles. The minimum absolute atomic E-state index is 0.200. The Morgan fingerprint density at radius 2 is 2.18 bits per heavy atom. The van der Waals surface area contributed by atoms with Gasteiger partial charge in [-0.1, -0.05) is 13.8 Å². The van der Waals surface area contributed by atoms with Crippen molar-refractivity contribution in [1.29, 1.82) is 0 Å². The highest BCUT2D eigenvalue weighted by atomic mass is 16.7. The summed E-state index contributed by atoms with van der Waals surface area (Å²) in [5.41, 5.74) is 2.95. The van der Waals surface area contributed by atoms with Crippen LogP contribution in [-0.2, 0) is 0 Å². The Morgan fingerprint density at radius 3 is 2.94 bits per heavy atom. The first-order chi connectivity index (χ1) is 8.16. The van der Waals surface area contributed by atoms with Crippen LogP contribution in [0.3, 0.4) is 0 Å². The number of benzene rings is 1. The monoisotopic (exact) mass is 234 g/mol. The van der Waals surface area contributed by atoms with E-state index in [-0.39, 0.29) is 12.7 Å². The largest absolute Gasteiger partial charge is 0.454 e. The van der Waals surface area contributed by atoms with Gasteiger partial charge < -0.3 is 9.47 Å². The molecule has 0 bridgehead atoms. The lowest BCUT2D eigenvalue weighted by atomic mass is 10.2. The van der Waals surface area contributed by atoms with Gasteiger partial charge in [0.05, 0.1) is 0 Å². The number of ether oxygens (including phenoxy) is 2. The maximum Gasteiger partial charge on any atom is 0.271 e. The summed E-state index contributed by atoms with van der Waals surface area (Å²) in [4.78, 5) is 11.7. The third-order valence-corrected chi connectivity index (χ3v) is 2.17. The summed E-state index contributed by atoms with van der Waals surface area (Å²) >= 11 is 0. The summed E-state index contributed by atoms with van der Waals surface area (Å²) in [7, 11) is 0. The molecule has 5 heteroatoms. The van der Waals surface area contributed by atoms with E-state index < -0.39 is 0 Å². The maximum atomic E-state index is 11.7. The van der Waals surface area contributed by atoms with Crippen molar-refractivity contribution in [2.75, 3.05) is 6.79 Å². The molecule has 1 aromatic carbocycles. The van der Waals surface area contributed by atoms with Crippen LogP contribution >= 0.6 is 0 Å². The number of carbonyl (C=O) groups excluding carboxylic acids is 1. The second kappa shape index (κ2) is 4.86. The minimum atomic E-state index is -0.264. The molecule has 17 heavy (non-hydrogen) atoms. The first kappa shape index (κ1) is 11.4. The van der Waals surface area contributed by atoms with Gasteiger partial charge in [-0.2, -0.15) is 5.10 Å². The summed E-state index contributed by atoms with van der Waals surface area (Å²) < 4.78 is 10.4. The fraction of sp³-hybridized carbons (Fsp3) is 0.333. The lowest BCUT2D eigenvalue weighted by molar-refractivity contribution is 0.0954. The van der Waals surface area contributed by atoms with E-state index in [1.165, 1.54) is 0 Å². The molecular weight excluding hydrogens is 220 g/mol. The van der Waals surface area contributed by atoms with E-state index >= 15 is 0 Å². The second-order valence-electron chi connectivity index (χ2n) is 4.03. The number of fused-ring (bicyclic) bond motifs is 1. The van der Waals surface area contributed by atoms with Gasteiger partial charge in [0.25, 0.3) is 5.91 Å². The Balaban J connectivity index is 2.05. The Bertz CT molecular complexity index is 455. The van der Waals surface area contributed by atoms with Crippen LogP contribution in [0, 0.1) is 5.92 Å². The third kappa shape index (κ3) is 2.75. The number of hydrogen-bond acceptors (Lipinski definition) is 4. The van der Waals surface area contributed by atoms with Crippen LogP contribution in [0.1, 0.15) is 24.2 Å². The van der Waals surface area contributed by atoms with Crippen LogP contribution in [0.5, 0.6) is 11.5 Å². The van der Waals surface area contributed by atoms with Crippen molar-refractivity contribution in [3.8, 4) is 11.5 Å². The molecule has 1 aliphatic heterocycles. The molecule has 0 saturated heterocycles. The zero-order valence-electron chi connectivity index (χ0n) is 9.77. The summed E-state index contributed by atoms with van der Waals surface area (Å²) in [6, 6.07) is 5.03. The minimum Gasteiger partial charge on any atom is -0.454 e. The molecule has 90 valence electrons. The number of hydrogen-bond donors (Lipinski definition) is 1. The number of amides is 1. The first-order valence-electron chi connectivity index (χ1n) is 5.40. The highest BCUT2D eigenvalue weighted by Crippen LogP contribution is 2.32. The standard InChI is InChI=1S/C12H14N2O3/c1-8(2)6-13-14-12(15)9-3-4-10-11(5-9)17-7-16-10/h3-6,8H,7H2,1-2H3,(H,14,15)/b13-6-. The Kier molecular flexibility index (Phi) is 3.27. The van der Waals surface area contributed by atoms with Gasteiger partial charge in [-0.15, -0.1) is 0 Å². The Hall–Kier alpha value is -2.04. The molecule has 0 fully saturated rings. The first-order valence-corrected chi connectivity index (χ1v) is 5.40. The molecule has 1 N–H and O–H groups in total. The molecule has 1 aliphatic rings. The molecule has 0 radical (unpaired) electrons. The fourth-order valence-electron chi connectivity index (χ4n) is 1.35. The van der Waals surface area contributed by atoms with Gasteiger partial charge >= 0.3 is 0 Å². The number of hydrazone groups is 1. The molecule has 0 unspecified atom stereocenters. The van der Waals surface area contributed by atoms with Gasteiger partial charge in [-0.05, 0) is 24.1 Å². The lowest BCUT2D eigenvalue weighted by Gasteiger charge is -2.01. The van der Waals surface area contributed by atoms with Crippen LogP contribution in [0.2, 0.25) is 0 Å². The second-order valence-corrected chi connectivity index (χ2v) is 4.03. The molecule has 0 aromatic heterocycles. The van der Waals surface area contributed by atoms with E-state index in [1.807, 2.05) is 13.8 Å². The quantitative estimate of drug-likeness (QED) is 0.640. The van der Waals surface area contributed by atoms with E-state index in [0.29, 0.717) is 23.0 Å². The SMILES string of the molecule is CC(C)/C=N\NC(=O)c1ccc2c(c1)OCO2. The number of rotatable bonds is 3. The number of nitrogens with zero attached hydrogens (tertiary/aromatic N) is 1. The van der Waals surface area contributed by atoms with Gasteiger partial charge in [0.1, 0.15) is 0 Å². The normalized spacial score (nSPS) is 13.4. The molecule has 0 aliphatic carbocycles. The summed E-state index contributed by atoms with van der Waals surface area (Å²) in [6.07, 6.45) is 1.67. The summed E-state index contributed by atoms with van der Waals surface area (Å²) in [6.45, 7) is 4.17. The Labute approximate surface area is 99.4 Å². The van der Waals surface area contributed by atoms with E-state index in [9.17, 15) is 4.79 Å². The predicted molar refractivity (Wildman–Crippen MR) is 63.4 cm³/mol. The van der Waals surface area contributed by atoms with E-state index in [0.717, 1.165) is 0 Å². The summed E-state index contributed by atoms with van der Waals surface area (Å²) in [5, 5.41) is 3.84. The number of nitrogens with one attached hydrogen (secondary N) is 1. The molecule has 0 atom stereocenters. The van der Waals surface area contributed by atoms with Gasteiger partial charge in [-0.3, -0.25) is 4.79 Å². The fourth-order valence-corrected chi connectivity index (χ4v) is 1.35. The van der Waals surface area contributed by atoms with Gasteiger partial charge in [0, 0.05) is 11.8 Å². The lowest BCUT2D eigenvalue weighted by Crippen LogP contribution is -2.17. The molecule has 1 aromatic rings. The predicted octanol–water partition coefficient (Wildman–Crippen LogP) is 1.79. The number of carbonyl (C=O) groups is 1. The van der Waals surface area contributed by atoms with Crippen molar-refractivity contribution < 1.29 is 14.3 Å².